The second kappa shape index (κ2) is 15.5. The average molecular weight is 753 g/mol. The molecule has 4 fully saturated rings. The third-order valence-electron chi connectivity index (χ3n) is 15.5. The zero-order chi connectivity index (χ0) is 36.8. The Kier molecular flexibility index (Phi) is 13.3. The Labute approximate surface area is 308 Å². The van der Waals surface area contributed by atoms with E-state index in [2.05, 4.69) is 101 Å². The molecule has 0 aromatic rings. The second-order valence-corrected chi connectivity index (χ2v) is 38.1. The first-order valence-electron chi connectivity index (χ1n) is 20.8. The Bertz CT molecular complexity index is 1130. The summed E-state index contributed by atoms with van der Waals surface area (Å²) in [4.78, 5) is 13.0. The molecule has 8 unspecified atom stereocenters. The van der Waals surface area contributed by atoms with Crippen molar-refractivity contribution in [1.29, 1.82) is 0 Å². The lowest BCUT2D eigenvalue weighted by Crippen LogP contribution is -2.65. The van der Waals surface area contributed by atoms with Gasteiger partial charge in [-0.2, -0.15) is 0 Å². The summed E-state index contributed by atoms with van der Waals surface area (Å²) in [6, 6.07) is 4.48. The molecule has 0 heterocycles. The number of rotatable bonds is 15. The van der Waals surface area contributed by atoms with E-state index in [4.69, 9.17) is 17.7 Å². The highest BCUT2D eigenvalue weighted by Crippen LogP contribution is 2.70. The summed E-state index contributed by atoms with van der Waals surface area (Å²) in [5.74, 6) is 3.53. The minimum absolute atomic E-state index is 0.0251. The molecule has 4 aliphatic carbocycles. The molecule has 5 nitrogen and oxygen atoms in total. The van der Waals surface area contributed by atoms with E-state index in [9.17, 15) is 4.79 Å². The second-order valence-electron chi connectivity index (χ2n) is 20.2. The number of hydrogen-bond acceptors (Lipinski definition) is 5. The molecule has 49 heavy (non-hydrogen) atoms. The first kappa shape index (κ1) is 42.0. The summed E-state index contributed by atoms with van der Waals surface area (Å²) in [5, 5.41) is 0. The van der Waals surface area contributed by atoms with Gasteiger partial charge in [0.1, 0.15) is 0 Å². The molecule has 0 saturated heterocycles. The minimum Gasteiger partial charge on any atom is -0.520 e. The lowest BCUT2D eigenvalue weighted by molar-refractivity contribution is -0.199. The summed E-state index contributed by atoms with van der Waals surface area (Å²) >= 11 is 0. The van der Waals surface area contributed by atoms with Gasteiger partial charge in [0.15, 0.2) is 25.0 Å². The molecule has 0 spiro atoms. The van der Waals surface area contributed by atoms with E-state index in [-0.39, 0.29) is 17.5 Å². The van der Waals surface area contributed by atoms with Crippen molar-refractivity contribution in [3.63, 3.8) is 0 Å². The Morgan fingerprint density at radius 3 is 1.88 bits per heavy atom. The Morgan fingerprint density at radius 1 is 0.714 bits per heavy atom. The molecule has 0 aromatic carbocycles. The van der Waals surface area contributed by atoms with Crippen molar-refractivity contribution in [2.24, 2.45) is 46.3 Å². The minimum atomic E-state index is -1.90. The van der Waals surface area contributed by atoms with Crippen molar-refractivity contribution in [1.82, 2.24) is 0 Å². The van der Waals surface area contributed by atoms with Crippen molar-refractivity contribution in [2.75, 3.05) is 0 Å². The monoisotopic (exact) mass is 753 g/mol. The van der Waals surface area contributed by atoms with E-state index >= 15 is 0 Å². The largest absolute Gasteiger partial charge is 0.520 e. The zero-order valence-electron chi connectivity index (χ0n) is 34.9. The fourth-order valence-corrected chi connectivity index (χ4v) is 15.6. The summed E-state index contributed by atoms with van der Waals surface area (Å²) in [7, 11) is -7.16. The SMILES string of the molecule is CC[Si](C)(C)OC(=O)CCC(C)C1CCC2C3C(C[C@H](O[Si](C)(C)CC)C12C)C1(C)CC[C@@H](O[Si](C)(C)CC)CC1C[C@H]3O[Si](C)(C)CC. The summed E-state index contributed by atoms with van der Waals surface area (Å²) in [5.41, 5.74) is 0.408. The molecule has 0 aromatic heterocycles. The van der Waals surface area contributed by atoms with Crippen LogP contribution in [0.1, 0.15) is 106 Å². The Hall–Kier alpha value is 0.218. The molecule has 11 atom stereocenters. The van der Waals surface area contributed by atoms with Crippen LogP contribution in [0.25, 0.3) is 0 Å². The molecule has 0 radical (unpaired) electrons. The van der Waals surface area contributed by atoms with Gasteiger partial charge in [0.2, 0.25) is 8.32 Å². The molecule has 0 amide bonds. The van der Waals surface area contributed by atoms with Gasteiger partial charge in [-0.1, -0.05) is 48.5 Å². The lowest BCUT2D eigenvalue weighted by atomic mass is 9.43. The van der Waals surface area contributed by atoms with Crippen LogP contribution in [0.3, 0.4) is 0 Å². The van der Waals surface area contributed by atoms with Crippen LogP contribution in [0, 0.1) is 46.3 Å². The zero-order valence-corrected chi connectivity index (χ0v) is 38.9. The van der Waals surface area contributed by atoms with E-state index in [0.717, 1.165) is 18.5 Å². The third kappa shape index (κ3) is 9.13. The van der Waals surface area contributed by atoms with Gasteiger partial charge in [-0.15, -0.1) is 0 Å². The van der Waals surface area contributed by atoms with E-state index in [1.54, 1.807) is 0 Å². The lowest BCUT2D eigenvalue weighted by Gasteiger charge is -2.66. The van der Waals surface area contributed by atoms with E-state index in [0.29, 0.717) is 59.6 Å². The van der Waals surface area contributed by atoms with Crippen LogP contribution in [-0.4, -0.2) is 57.6 Å². The number of hydrogen-bond donors (Lipinski definition) is 0. The maximum Gasteiger partial charge on any atom is 0.292 e. The van der Waals surface area contributed by atoms with Gasteiger partial charge in [0.25, 0.3) is 5.97 Å². The molecule has 4 rings (SSSR count). The highest BCUT2D eigenvalue weighted by atomic mass is 28.4. The number of fused-ring (bicyclic) bond motifs is 5. The van der Waals surface area contributed by atoms with Gasteiger partial charge in [0.05, 0.1) is 6.10 Å². The van der Waals surface area contributed by atoms with Gasteiger partial charge in [-0.25, -0.2) is 0 Å². The number of carbonyl (C=O) groups is 1. The third-order valence-corrected chi connectivity index (χ3v) is 25.9. The summed E-state index contributed by atoms with van der Waals surface area (Å²) < 4.78 is 28.1. The van der Waals surface area contributed by atoms with Crippen LogP contribution < -0.4 is 0 Å². The Morgan fingerprint density at radius 2 is 1.29 bits per heavy atom. The van der Waals surface area contributed by atoms with Gasteiger partial charge >= 0.3 is 0 Å². The predicted molar refractivity (Wildman–Crippen MR) is 217 cm³/mol. The maximum atomic E-state index is 13.0. The molecule has 0 bridgehead atoms. The quantitative estimate of drug-likeness (QED) is 0.156. The van der Waals surface area contributed by atoms with Crippen LogP contribution in [0.4, 0.5) is 0 Å². The molecular weight excluding hydrogens is 673 g/mol. The van der Waals surface area contributed by atoms with Crippen molar-refractivity contribution < 1.29 is 22.5 Å². The first-order chi connectivity index (χ1) is 22.6. The first-order valence-corrected chi connectivity index (χ1v) is 33.3. The average Bonchev–Trinajstić information content (AvgIpc) is 3.38. The van der Waals surface area contributed by atoms with Crippen LogP contribution in [0.15, 0.2) is 0 Å². The number of carbonyl (C=O) groups excluding carboxylic acids is 1. The standard InChI is InChI=1S/C40H80O5Si4/c1-16-46(8,9)42-31-24-25-39(6)30(26-31)27-35(43-47(10,11)17-2)38-33-22-21-32(29(5)20-23-37(41)45-49(14,15)19-4)40(33,7)36(28-34(38)39)44-48(12,13)18-3/h29-36,38H,16-28H2,1-15H3/t29?,30?,31-,32?,33?,34?,35-,36+,38?,39?,40?/m1/s1. The highest BCUT2D eigenvalue weighted by molar-refractivity contribution is 6.72. The highest BCUT2D eigenvalue weighted by Gasteiger charge is 2.67. The molecule has 286 valence electrons. The van der Waals surface area contributed by atoms with Gasteiger partial charge in [-0.05, 0) is 174 Å². The van der Waals surface area contributed by atoms with E-state index < -0.39 is 33.3 Å². The van der Waals surface area contributed by atoms with Crippen LogP contribution in [-0.2, 0) is 22.5 Å². The van der Waals surface area contributed by atoms with E-state index in [1.165, 1.54) is 57.0 Å². The molecule has 0 aliphatic heterocycles. The molecule has 4 saturated carbocycles. The van der Waals surface area contributed by atoms with Gasteiger partial charge in [0, 0.05) is 18.6 Å². The van der Waals surface area contributed by atoms with E-state index in [1.807, 2.05) is 0 Å². The normalized spacial score (nSPS) is 37.6. The smallest absolute Gasteiger partial charge is 0.292 e. The fraction of sp³-hybridized carbons (Fsp3) is 0.975. The van der Waals surface area contributed by atoms with Gasteiger partial charge < -0.3 is 17.7 Å². The van der Waals surface area contributed by atoms with Crippen LogP contribution in [0.5, 0.6) is 0 Å². The summed E-state index contributed by atoms with van der Waals surface area (Å²) in [6.45, 7) is 36.0. The Balaban J connectivity index is 1.70. The molecular formula is C40H80O5Si4. The van der Waals surface area contributed by atoms with Crippen molar-refractivity contribution in [3.8, 4) is 0 Å². The molecule has 4 aliphatic rings. The van der Waals surface area contributed by atoms with Crippen molar-refractivity contribution in [2.45, 2.75) is 201 Å². The van der Waals surface area contributed by atoms with Crippen LogP contribution in [0.2, 0.25) is 76.6 Å². The topological polar surface area (TPSA) is 54.0 Å². The predicted octanol–water partition coefficient (Wildman–Crippen LogP) is 11.9. The molecule has 9 heteroatoms. The maximum absolute atomic E-state index is 13.0. The molecule has 0 N–H and O–H groups in total. The van der Waals surface area contributed by atoms with Crippen molar-refractivity contribution in [3.05, 3.63) is 0 Å². The van der Waals surface area contributed by atoms with Crippen LogP contribution >= 0.6 is 0 Å². The fourth-order valence-electron chi connectivity index (χ4n) is 10.9. The van der Waals surface area contributed by atoms with Crippen molar-refractivity contribution >= 4 is 39.2 Å². The van der Waals surface area contributed by atoms with Gasteiger partial charge in [-0.3, -0.25) is 4.79 Å². The summed E-state index contributed by atoms with van der Waals surface area (Å²) in [6.07, 6.45) is 11.1.